The van der Waals surface area contributed by atoms with Crippen molar-refractivity contribution in [1.29, 1.82) is 0 Å². The van der Waals surface area contributed by atoms with E-state index in [9.17, 15) is 14.4 Å². The third-order valence-corrected chi connectivity index (χ3v) is 4.28. The second-order valence-corrected chi connectivity index (χ2v) is 6.20. The zero-order chi connectivity index (χ0) is 18.2. The van der Waals surface area contributed by atoms with Crippen LogP contribution in [0.1, 0.15) is 43.2 Å². The minimum Gasteiger partial charge on any atom is -0.459 e. The van der Waals surface area contributed by atoms with E-state index in [2.05, 4.69) is 10.6 Å². The van der Waals surface area contributed by atoms with Crippen LogP contribution in [0.2, 0.25) is 0 Å². The minimum absolute atomic E-state index is 0.0639. The molecule has 0 bridgehead atoms. The maximum atomic E-state index is 12.7. The van der Waals surface area contributed by atoms with Crippen LogP contribution in [0.3, 0.4) is 0 Å². The van der Waals surface area contributed by atoms with Crippen LogP contribution in [0.4, 0.5) is 0 Å². The SMILES string of the molecule is CC(NC(=O)c1ccco1)C(=O)N1CCCCC1CNC(=O)CCN. The highest BCUT2D eigenvalue weighted by atomic mass is 16.3. The molecular weight excluding hydrogens is 324 g/mol. The minimum atomic E-state index is -0.669. The van der Waals surface area contributed by atoms with Crippen LogP contribution >= 0.6 is 0 Å². The summed E-state index contributed by atoms with van der Waals surface area (Å²) in [4.78, 5) is 38.1. The van der Waals surface area contributed by atoms with Crippen LogP contribution in [0.15, 0.2) is 22.8 Å². The molecule has 25 heavy (non-hydrogen) atoms. The number of piperidine rings is 1. The number of hydrogen-bond acceptors (Lipinski definition) is 5. The fourth-order valence-electron chi connectivity index (χ4n) is 2.94. The summed E-state index contributed by atoms with van der Waals surface area (Å²) in [6, 6.07) is 2.43. The van der Waals surface area contributed by atoms with Crippen molar-refractivity contribution in [2.24, 2.45) is 5.73 Å². The number of furan rings is 1. The molecule has 8 nitrogen and oxygen atoms in total. The highest BCUT2D eigenvalue weighted by molar-refractivity contribution is 5.95. The molecule has 3 amide bonds. The van der Waals surface area contributed by atoms with E-state index in [1.54, 1.807) is 24.0 Å². The molecule has 2 heterocycles. The molecule has 1 aliphatic heterocycles. The van der Waals surface area contributed by atoms with Crippen LogP contribution in [0.25, 0.3) is 0 Å². The summed E-state index contributed by atoms with van der Waals surface area (Å²) in [5.41, 5.74) is 5.37. The lowest BCUT2D eigenvalue weighted by molar-refractivity contribution is -0.137. The second-order valence-electron chi connectivity index (χ2n) is 6.20. The average Bonchev–Trinajstić information content (AvgIpc) is 3.14. The first-order valence-corrected chi connectivity index (χ1v) is 8.64. The van der Waals surface area contributed by atoms with Crippen molar-refractivity contribution in [1.82, 2.24) is 15.5 Å². The van der Waals surface area contributed by atoms with E-state index in [1.807, 2.05) is 0 Å². The summed E-state index contributed by atoms with van der Waals surface area (Å²) in [7, 11) is 0. The smallest absolute Gasteiger partial charge is 0.287 e. The molecule has 0 saturated carbocycles. The van der Waals surface area contributed by atoms with Crippen LogP contribution in [-0.4, -0.2) is 54.3 Å². The predicted octanol–water partition coefficient (Wildman–Crippen LogP) is 0.244. The van der Waals surface area contributed by atoms with Crippen molar-refractivity contribution in [2.45, 2.75) is 44.7 Å². The summed E-state index contributed by atoms with van der Waals surface area (Å²) < 4.78 is 5.04. The van der Waals surface area contributed by atoms with Gasteiger partial charge in [-0.05, 0) is 38.3 Å². The fourth-order valence-corrected chi connectivity index (χ4v) is 2.94. The van der Waals surface area contributed by atoms with Crippen LogP contribution in [0, 0.1) is 0 Å². The molecule has 0 radical (unpaired) electrons. The van der Waals surface area contributed by atoms with Gasteiger partial charge in [-0.3, -0.25) is 14.4 Å². The lowest BCUT2D eigenvalue weighted by Crippen LogP contribution is -2.55. The van der Waals surface area contributed by atoms with Crippen molar-refractivity contribution in [3.05, 3.63) is 24.2 Å². The van der Waals surface area contributed by atoms with Gasteiger partial charge in [-0.25, -0.2) is 0 Å². The molecule has 1 aromatic heterocycles. The molecule has 1 saturated heterocycles. The summed E-state index contributed by atoms with van der Waals surface area (Å²) in [6.45, 7) is 2.98. The number of nitrogens with zero attached hydrogens (tertiary/aromatic N) is 1. The van der Waals surface area contributed by atoms with Gasteiger partial charge in [0.2, 0.25) is 11.8 Å². The van der Waals surface area contributed by atoms with Gasteiger partial charge < -0.3 is 25.7 Å². The van der Waals surface area contributed by atoms with E-state index >= 15 is 0 Å². The van der Waals surface area contributed by atoms with Gasteiger partial charge in [0.1, 0.15) is 6.04 Å². The van der Waals surface area contributed by atoms with Gasteiger partial charge in [-0.2, -0.15) is 0 Å². The summed E-state index contributed by atoms with van der Waals surface area (Å²) in [6.07, 6.45) is 4.43. The first-order chi connectivity index (χ1) is 12.0. The Bertz CT molecular complexity index is 587. The third kappa shape index (κ3) is 5.32. The number of likely N-dealkylation sites (tertiary alicyclic amines) is 1. The van der Waals surface area contributed by atoms with Crippen LogP contribution in [-0.2, 0) is 9.59 Å². The van der Waals surface area contributed by atoms with Gasteiger partial charge in [0.05, 0.1) is 6.26 Å². The van der Waals surface area contributed by atoms with Gasteiger partial charge in [-0.15, -0.1) is 0 Å². The fraction of sp³-hybridized carbons (Fsp3) is 0.588. The molecular formula is C17H26N4O4. The highest BCUT2D eigenvalue weighted by Gasteiger charge is 2.30. The molecule has 2 atom stereocenters. The number of carbonyl (C=O) groups excluding carboxylic acids is 3. The largest absolute Gasteiger partial charge is 0.459 e. The number of nitrogens with one attached hydrogen (secondary N) is 2. The molecule has 1 aromatic rings. The molecule has 2 unspecified atom stereocenters. The highest BCUT2D eigenvalue weighted by Crippen LogP contribution is 2.18. The zero-order valence-electron chi connectivity index (χ0n) is 14.5. The summed E-state index contributed by atoms with van der Waals surface area (Å²) in [5.74, 6) is -0.517. The van der Waals surface area contributed by atoms with Gasteiger partial charge in [0, 0.05) is 32.1 Å². The molecule has 1 fully saturated rings. The van der Waals surface area contributed by atoms with E-state index in [4.69, 9.17) is 10.2 Å². The Hall–Kier alpha value is -2.35. The first-order valence-electron chi connectivity index (χ1n) is 8.64. The van der Waals surface area contributed by atoms with Gasteiger partial charge in [-0.1, -0.05) is 0 Å². The first kappa shape index (κ1) is 19.0. The number of nitrogens with two attached hydrogens (primary N) is 1. The Morgan fingerprint density at radius 2 is 2.20 bits per heavy atom. The maximum Gasteiger partial charge on any atom is 0.287 e. The van der Waals surface area contributed by atoms with Crippen molar-refractivity contribution in [3.8, 4) is 0 Å². The standard InChI is InChI=1S/C17H26N4O4/c1-12(20-16(23)14-6-4-10-25-14)17(24)21-9-3-2-5-13(21)11-19-15(22)7-8-18/h4,6,10,12-13H,2-3,5,7-9,11,18H2,1H3,(H,19,22)(H,20,23). The Kier molecular flexibility index (Phi) is 7.00. The monoisotopic (exact) mass is 350 g/mol. The molecule has 2 rings (SSSR count). The van der Waals surface area contributed by atoms with Gasteiger partial charge in [0.25, 0.3) is 5.91 Å². The lowest BCUT2D eigenvalue weighted by atomic mass is 10.0. The van der Waals surface area contributed by atoms with Crippen molar-refractivity contribution < 1.29 is 18.8 Å². The van der Waals surface area contributed by atoms with Crippen molar-refractivity contribution in [3.63, 3.8) is 0 Å². The third-order valence-electron chi connectivity index (χ3n) is 4.28. The molecule has 0 spiro atoms. The van der Waals surface area contributed by atoms with E-state index in [0.717, 1.165) is 19.3 Å². The Labute approximate surface area is 147 Å². The molecule has 138 valence electrons. The molecule has 8 heteroatoms. The normalized spacial score (nSPS) is 18.5. The topological polar surface area (TPSA) is 118 Å². The van der Waals surface area contributed by atoms with Crippen LogP contribution in [0.5, 0.6) is 0 Å². The van der Waals surface area contributed by atoms with Gasteiger partial charge in [0.15, 0.2) is 5.76 Å². The van der Waals surface area contributed by atoms with E-state index in [0.29, 0.717) is 19.6 Å². The number of hydrogen-bond donors (Lipinski definition) is 3. The Morgan fingerprint density at radius 3 is 2.88 bits per heavy atom. The molecule has 0 aliphatic carbocycles. The Morgan fingerprint density at radius 1 is 1.40 bits per heavy atom. The number of rotatable bonds is 7. The second kappa shape index (κ2) is 9.22. The summed E-state index contributed by atoms with van der Waals surface area (Å²) in [5, 5.41) is 5.48. The number of carbonyl (C=O) groups is 3. The van der Waals surface area contributed by atoms with Crippen molar-refractivity contribution in [2.75, 3.05) is 19.6 Å². The van der Waals surface area contributed by atoms with E-state index < -0.39 is 11.9 Å². The molecule has 4 N–H and O–H groups in total. The average molecular weight is 350 g/mol. The summed E-state index contributed by atoms with van der Waals surface area (Å²) >= 11 is 0. The lowest BCUT2D eigenvalue weighted by Gasteiger charge is -2.37. The zero-order valence-corrected chi connectivity index (χ0v) is 14.5. The Balaban J connectivity index is 1.92. The molecule has 1 aliphatic rings. The van der Waals surface area contributed by atoms with E-state index in [1.165, 1.54) is 6.26 Å². The maximum absolute atomic E-state index is 12.7. The van der Waals surface area contributed by atoms with E-state index in [-0.39, 0.29) is 30.0 Å². The predicted molar refractivity (Wildman–Crippen MR) is 91.7 cm³/mol. The molecule has 0 aromatic carbocycles. The number of amides is 3. The van der Waals surface area contributed by atoms with Gasteiger partial charge >= 0.3 is 0 Å². The van der Waals surface area contributed by atoms with Crippen LogP contribution < -0.4 is 16.4 Å². The quantitative estimate of drug-likeness (QED) is 0.651. The van der Waals surface area contributed by atoms with Crippen molar-refractivity contribution >= 4 is 17.7 Å².